The molecule has 130 valence electrons. The van der Waals surface area contributed by atoms with Crippen molar-refractivity contribution >= 4 is 11.7 Å². The normalized spacial score (nSPS) is 10.7. The fourth-order valence-electron chi connectivity index (χ4n) is 2.64. The van der Waals surface area contributed by atoms with E-state index in [0.717, 1.165) is 41.5 Å². The smallest absolute Gasteiger partial charge is 0.220 e. The second-order valence-corrected chi connectivity index (χ2v) is 5.78. The number of carbonyl (C=O) groups excluding carboxylic acids is 1. The fraction of sp³-hybridized carbons (Fsp3) is 0.500. The molecule has 1 N–H and O–H groups in total. The third-order valence-electron chi connectivity index (χ3n) is 4.17. The van der Waals surface area contributed by atoms with Crippen LogP contribution < -0.4 is 10.2 Å². The van der Waals surface area contributed by atoms with Crippen LogP contribution >= 0.6 is 0 Å². The van der Waals surface area contributed by atoms with Crippen molar-refractivity contribution in [3.8, 4) is 0 Å². The van der Waals surface area contributed by atoms with Gasteiger partial charge in [-0.15, -0.1) is 0 Å². The lowest BCUT2D eigenvalue weighted by atomic mass is 10.1. The van der Waals surface area contributed by atoms with Crippen molar-refractivity contribution in [2.45, 2.75) is 47.1 Å². The highest BCUT2D eigenvalue weighted by Gasteiger charge is 2.11. The summed E-state index contributed by atoms with van der Waals surface area (Å²) in [5.74, 6) is 1.77. The van der Waals surface area contributed by atoms with Crippen molar-refractivity contribution in [1.82, 2.24) is 15.5 Å². The van der Waals surface area contributed by atoms with E-state index < -0.39 is 0 Å². The predicted molar refractivity (Wildman–Crippen MR) is 93.9 cm³/mol. The summed E-state index contributed by atoms with van der Waals surface area (Å²) >= 11 is 0. The molecule has 2 heterocycles. The maximum absolute atomic E-state index is 12.0. The van der Waals surface area contributed by atoms with Crippen LogP contribution in [0.15, 0.2) is 22.9 Å². The van der Waals surface area contributed by atoms with Crippen molar-refractivity contribution in [2.75, 3.05) is 18.0 Å². The van der Waals surface area contributed by atoms with Gasteiger partial charge in [-0.25, -0.2) is 4.98 Å². The first-order chi connectivity index (χ1) is 11.5. The first kappa shape index (κ1) is 18.0. The Morgan fingerprint density at radius 1 is 1.25 bits per heavy atom. The molecule has 0 fully saturated rings. The Balaban J connectivity index is 1.81. The van der Waals surface area contributed by atoms with Gasteiger partial charge < -0.3 is 14.7 Å². The van der Waals surface area contributed by atoms with E-state index in [4.69, 9.17) is 4.52 Å². The monoisotopic (exact) mass is 330 g/mol. The molecule has 24 heavy (non-hydrogen) atoms. The molecular formula is C18H26N4O2. The number of anilines is 1. The lowest BCUT2D eigenvalue weighted by Gasteiger charge is -2.19. The lowest BCUT2D eigenvalue weighted by molar-refractivity contribution is -0.121. The van der Waals surface area contributed by atoms with Crippen molar-refractivity contribution < 1.29 is 9.32 Å². The van der Waals surface area contributed by atoms with Crippen LogP contribution in [-0.4, -0.2) is 29.1 Å². The summed E-state index contributed by atoms with van der Waals surface area (Å²) < 4.78 is 5.11. The predicted octanol–water partition coefficient (Wildman–Crippen LogP) is 2.78. The summed E-state index contributed by atoms with van der Waals surface area (Å²) in [5.41, 5.74) is 2.88. The topological polar surface area (TPSA) is 71.3 Å². The first-order valence-corrected chi connectivity index (χ1v) is 8.43. The van der Waals surface area contributed by atoms with E-state index in [1.54, 1.807) is 0 Å². The zero-order chi connectivity index (χ0) is 17.5. The molecule has 6 heteroatoms. The van der Waals surface area contributed by atoms with Gasteiger partial charge in [-0.1, -0.05) is 11.2 Å². The molecule has 0 atom stereocenters. The first-order valence-electron chi connectivity index (χ1n) is 8.43. The minimum absolute atomic E-state index is 0.0165. The largest absolute Gasteiger partial charge is 0.361 e. The van der Waals surface area contributed by atoms with E-state index >= 15 is 0 Å². The van der Waals surface area contributed by atoms with Crippen LogP contribution in [0.1, 0.15) is 42.8 Å². The van der Waals surface area contributed by atoms with E-state index in [1.165, 1.54) is 0 Å². The number of hydrogen-bond donors (Lipinski definition) is 1. The molecule has 0 unspecified atom stereocenters. The Labute approximate surface area is 143 Å². The number of amides is 1. The molecule has 0 radical (unpaired) electrons. The molecule has 0 spiro atoms. The summed E-state index contributed by atoms with van der Waals surface area (Å²) in [5, 5.41) is 6.84. The van der Waals surface area contributed by atoms with Crippen molar-refractivity contribution in [3.05, 3.63) is 40.9 Å². The van der Waals surface area contributed by atoms with Crippen LogP contribution in [0.4, 0.5) is 5.82 Å². The molecule has 0 aromatic carbocycles. The third kappa shape index (κ3) is 4.57. The van der Waals surface area contributed by atoms with Gasteiger partial charge in [0.15, 0.2) is 0 Å². The molecule has 0 saturated carbocycles. The summed E-state index contributed by atoms with van der Waals surface area (Å²) in [7, 11) is 0. The van der Waals surface area contributed by atoms with Gasteiger partial charge in [0.05, 0.1) is 5.69 Å². The zero-order valence-electron chi connectivity index (χ0n) is 14.9. The SMILES string of the molecule is CCN(CC)c1ccc(CNC(=O)CCc2c(C)noc2C)cn1. The molecule has 0 aliphatic heterocycles. The van der Waals surface area contributed by atoms with Crippen molar-refractivity contribution in [2.24, 2.45) is 0 Å². The molecular weight excluding hydrogens is 304 g/mol. The molecule has 0 aliphatic carbocycles. The van der Waals surface area contributed by atoms with Gasteiger partial charge in [0.25, 0.3) is 0 Å². The quantitative estimate of drug-likeness (QED) is 0.806. The van der Waals surface area contributed by atoms with Gasteiger partial charge in [-0.05, 0) is 45.7 Å². The maximum Gasteiger partial charge on any atom is 0.220 e. The van der Waals surface area contributed by atoms with Crippen LogP contribution in [0.3, 0.4) is 0 Å². The lowest BCUT2D eigenvalue weighted by Crippen LogP contribution is -2.24. The molecule has 2 aromatic rings. The standard InChI is InChI=1S/C18H26N4O2/c1-5-22(6-2)17-9-7-15(11-19-17)12-20-18(23)10-8-16-13(3)21-24-14(16)4/h7,9,11H,5-6,8,10,12H2,1-4H3,(H,20,23). The summed E-state index contributed by atoms with van der Waals surface area (Å²) in [6, 6.07) is 4.01. The number of nitrogens with zero attached hydrogens (tertiary/aromatic N) is 3. The van der Waals surface area contributed by atoms with E-state index in [9.17, 15) is 4.79 Å². The second kappa shape index (κ2) is 8.47. The number of hydrogen-bond acceptors (Lipinski definition) is 5. The van der Waals surface area contributed by atoms with E-state index in [0.29, 0.717) is 19.4 Å². The van der Waals surface area contributed by atoms with Gasteiger partial charge >= 0.3 is 0 Å². The molecule has 1 amide bonds. The van der Waals surface area contributed by atoms with Crippen LogP contribution in [0.2, 0.25) is 0 Å². The highest BCUT2D eigenvalue weighted by atomic mass is 16.5. The number of carbonyl (C=O) groups is 1. The van der Waals surface area contributed by atoms with E-state index in [1.807, 2.05) is 32.2 Å². The molecule has 6 nitrogen and oxygen atoms in total. The van der Waals surface area contributed by atoms with Gasteiger partial charge in [-0.2, -0.15) is 0 Å². The number of aryl methyl sites for hydroxylation is 2. The Kier molecular flexibility index (Phi) is 6.35. The second-order valence-electron chi connectivity index (χ2n) is 5.78. The van der Waals surface area contributed by atoms with Crippen molar-refractivity contribution in [1.29, 1.82) is 0 Å². The third-order valence-corrected chi connectivity index (χ3v) is 4.17. The fourth-order valence-corrected chi connectivity index (χ4v) is 2.64. The highest BCUT2D eigenvalue weighted by molar-refractivity contribution is 5.76. The average Bonchev–Trinajstić information content (AvgIpc) is 2.91. The highest BCUT2D eigenvalue weighted by Crippen LogP contribution is 2.14. The number of aromatic nitrogens is 2. The minimum Gasteiger partial charge on any atom is -0.361 e. The van der Waals surface area contributed by atoms with Gasteiger partial charge in [0, 0.05) is 37.8 Å². The number of pyridine rings is 1. The minimum atomic E-state index is 0.0165. The molecule has 0 aliphatic rings. The van der Waals surface area contributed by atoms with Crippen LogP contribution in [0.25, 0.3) is 0 Å². The van der Waals surface area contributed by atoms with Crippen LogP contribution in [-0.2, 0) is 17.8 Å². The molecule has 0 saturated heterocycles. The Morgan fingerprint density at radius 3 is 2.54 bits per heavy atom. The van der Waals surface area contributed by atoms with Gasteiger partial charge in [0.1, 0.15) is 11.6 Å². The Bertz CT molecular complexity index is 641. The van der Waals surface area contributed by atoms with Gasteiger partial charge in [0.2, 0.25) is 5.91 Å². The Hall–Kier alpha value is -2.37. The van der Waals surface area contributed by atoms with E-state index in [-0.39, 0.29) is 5.91 Å². The van der Waals surface area contributed by atoms with E-state index in [2.05, 4.69) is 34.2 Å². The molecule has 2 rings (SSSR count). The summed E-state index contributed by atoms with van der Waals surface area (Å²) in [6.45, 7) is 10.3. The number of nitrogens with one attached hydrogen (secondary N) is 1. The summed E-state index contributed by atoms with van der Waals surface area (Å²) in [6.07, 6.45) is 2.89. The average molecular weight is 330 g/mol. The zero-order valence-corrected chi connectivity index (χ0v) is 14.9. The van der Waals surface area contributed by atoms with Gasteiger partial charge in [-0.3, -0.25) is 4.79 Å². The summed E-state index contributed by atoms with van der Waals surface area (Å²) in [4.78, 5) is 18.7. The molecule has 0 bridgehead atoms. The molecule has 2 aromatic heterocycles. The van der Waals surface area contributed by atoms with Crippen LogP contribution in [0, 0.1) is 13.8 Å². The maximum atomic E-state index is 12.0. The number of rotatable bonds is 8. The van der Waals surface area contributed by atoms with Crippen molar-refractivity contribution in [3.63, 3.8) is 0 Å². The Morgan fingerprint density at radius 2 is 2.00 bits per heavy atom. The van der Waals surface area contributed by atoms with Crippen LogP contribution in [0.5, 0.6) is 0 Å².